The fourth-order valence-electron chi connectivity index (χ4n) is 3.42. The summed E-state index contributed by atoms with van der Waals surface area (Å²) >= 11 is 0. The van der Waals surface area contributed by atoms with Crippen molar-refractivity contribution in [1.82, 2.24) is 5.32 Å². The van der Waals surface area contributed by atoms with Gasteiger partial charge in [0.2, 0.25) is 0 Å². The first kappa shape index (κ1) is 18.4. The minimum Gasteiger partial charge on any atom is -0.465 e. The van der Waals surface area contributed by atoms with E-state index in [2.05, 4.69) is 5.32 Å². The molecular formula is C25H19NO3. The first-order chi connectivity index (χ1) is 14.2. The molecule has 29 heavy (non-hydrogen) atoms. The van der Waals surface area contributed by atoms with Gasteiger partial charge in [0.25, 0.3) is 5.91 Å². The van der Waals surface area contributed by atoms with Crippen LogP contribution in [0.2, 0.25) is 0 Å². The second-order valence-corrected chi connectivity index (χ2v) is 6.61. The minimum atomic E-state index is -0.417. The number of ether oxygens (including phenoxy) is 1. The molecule has 0 saturated carbocycles. The number of rotatable bonds is 4. The van der Waals surface area contributed by atoms with Gasteiger partial charge in [-0.3, -0.25) is 4.79 Å². The number of benzene rings is 3. The van der Waals surface area contributed by atoms with Crippen molar-refractivity contribution in [2.75, 3.05) is 7.11 Å². The van der Waals surface area contributed by atoms with Crippen molar-refractivity contribution in [3.05, 3.63) is 113 Å². The lowest BCUT2D eigenvalue weighted by Crippen LogP contribution is -2.15. The third-order valence-electron chi connectivity index (χ3n) is 4.74. The van der Waals surface area contributed by atoms with E-state index in [1.807, 2.05) is 72.8 Å². The van der Waals surface area contributed by atoms with E-state index in [4.69, 9.17) is 4.74 Å². The zero-order chi connectivity index (χ0) is 20.2. The summed E-state index contributed by atoms with van der Waals surface area (Å²) in [6.45, 7) is 0. The van der Waals surface area contributed by atoms with E-state index in [1.54, 1.807) is 18.2 Å². The molecule has 0 spiro atoms. The summed E-state index contributed by atoms with van der Waals surface area (Å²) in [6.07, 6.45) is 1.94. The molecular weight excluding hydrogens is 362 g/mol. The maximum atomic E-state index is 12.9. The molecule has 0 saturated heterocycles. The van der Waals surface area contributed by atoms with Crippen LogP contribution in [-0.4, -0.2) is 19.0 Å². The molecule has 0 aliphatic carbocycles. The van der Waals surface area contributed by atoms with E-state index < -0.39 is 5.97 Å². The highest BCUT2D eigenvalue weighted by Gasteiger charge is 2.29. The Balaban J connectivity index is 1.94. The molecule has 3 aromatic rings. The lowest BCUT2D eigenvalue weighted by Gasteiger charge is -2.10. The predicted molar refractivity (Wildman–Crippen MR) is 114 cm³/mol. The van der Waals surface area contributed by atoms with Crippen LogP contribution in [0.25, 0.3) is 17.2 Å². The number of hydrogen-bond donors (Lipinski definition) is 1. The Hall–Kier alpha value is -3.92. The average Bonchev–Trinajstić information content (AvgIpc) is 3.10. The first-order valence-electron chi connectivity index (χ1n) is 9.24. The van der Waals surface area contributed by atoms with Crippen LogP contribution in [0.15, 0.2) is 90.6 Å². The molecule has 0 radical (unpaired) electrons. The van der Waals surface area contributed by atoms with Crippen molar-refractivity contribution < 1.29 is 14.3 Å². The van der Waals surface area contributed by atoms with Crippen LogP contribution < -0.4 is 5.32 Å². The van der Waals surface area contributed by atoms with E-state index in [-0.39, 0.29) is 5.91 Å². The average molecular weight is 381 g/mol. The van der Waals surface area contributed by atoms with E-state index in [1.165, 1.54) is 7.11 Å². The summed E-state index contributed by atoms with van der Waals surface area (Å²) in [4.78, 5) is 25.0. The van der Waals surface area contributed by atoms with Crippen molar-refractivity contribution in [2.45, 2.75) is 0 Å². The third kappa shape index (κ3) is 3.73. The molecule has 4 nitrogen and oxygen atoms in total. The minimum absolute atomic E-state index is 0.170. The van der Waals surface area contributed by atoms with Crippen LogP contribution in [0.1, 0.15) is 27.0 Å². The monoisotopic (exact) mass is 381 g/mol. The summed E-state index contributed by atoms with van der Waals surface area (Å²) in [5.74, 6) is -0.587. The number of carbonyl (C=O) groups excluding carboxylic acids is 2. The molecule has 142 valence electrons. The molecule has 1 aliphatic heterocycles. The van der Waals surface area contributed by atoms with Crippen molar-refractivity contribution in [3.8, 4) is 0 Å². The predicted octanol–water partition coefficient (Wildman–Crippen LogP) is 4.55. The number of esters is 1. The summed E-state index contributed by atoms with van der Waals surface area (Å²) in [5, 5.41) is 2.99. The fraction of sp³-hybridized carbons (Fsp3) is 0.0400. The largest absolute Gasteiger partial charge is 0.465 e. The Morgan fingerprint density at radius 1 is 0.828 bits per heavy atom. The lowest BCUT2D eigenvalue weighted by molar-refractivity contribution is -0.114. The highest BCUT2D eigenvalue weighted by atomic mass is 16.5. The van der Waals surface area contributed by atoms with Crippen LogP contribution in [0.4, 0.5) is 0 Å². The maximum absolute atomic E-state index is 12.9. The Bertz CT molecular complexity index is 1130. The van der Waals surface area contributed by atoms with Crippen molar-refractivity contribution in [3.63, 3.8) is 0 Å². The summed E-state index contributed by atoms with van der Waals surface area (Å²) in [7, 11) is 1.35. The Morgan fingerprint density at radius 2 is 1.48 bits per heavy atom. The normalized spacial score (nSPS) is 14.8. The molecule has 0 aromatic heterocycles. The van der Waals surface area contributed by atoms with Gasteiger partial charge in [-0.1, -0.05) is 72.8 Å². The number of hydrogen-bond acceptors (Lipinski definition) is 3. The molecule has 1 aliphatic rings. The quantitative estimate of drug-likeness (QED) is 0.675. The zero-order valence-electron chi connectivity index (χ0n) is 15.9. The molecule has 3 aromatic carbocycles. The Kier molecular flexibility index (Phi) is 5.08. The molecule has 1 N–H and O–H groups in total. The molecule has 1 heterocycles. The van der Waals surface area contributed by atoms with Gasteiger partial charge >= 0.3 is 5.97 Å². The van der Waals surface area contributed by atoms with Gasteiger partial charge in [0.15, 0.2) is 0 Å². The zero-order valence-corrected chi connectivity index (χ0v) is 15.9. The molecule has 0 bridgehead atoms. The van der Waals surface area contributed by atoms with E-state index in [0.29, 0.717) is 16.8 Å². The highest BCUT2D eigenvalue weighted by Crippen LogP contribution is 2.37. The SMILES string of the molecule is COC(=O)c1cccc(C2=C(c3ccccc3)C(=O)N/C2=C\c2ccccc2)c1. The van der Waals surface area contributed by atoms with Gasteiger partial charge in [-0.2, -0.15) is 0 Å². The fourth-order valence-corrected chi connectivity index (χ4v) is 3.42. The standard InChI is InChI=1S/C25H19NO3/c1-29-25(28)20-14-8-13-19(16-20)22-21(15-17-9-4-2-5-10-17)26-24(27)23(22)18-11-6-3-7-12-18/h2-16H,1H3,(H,26,27)/b21-15-. The van der Waals surface area contributed by atoms with Crippen molar-refractivity contribution >= 4 is 29.1 Å². The highest BCUT2D eigenvalue weighted by molar-refractivity contribution is 6.34. The second kappa shape index (κ2) is 7.98. The molecule has 0 atom stereocenters. The van der Waals surface area contributed by atoms with Gasteiger partial charge in [-0.05, 0) is 34.9 Å². The molecule has 0 unspecified atom stereocenters. The van der Waals surface area contributed by atoms with E-state index in [0.717, 1.165) is 22.3 Å². The van der Waals surface area contributed by atoms with Gasteiger partial charge in [0.05, 0.1) is 23.9 Å². The molecule has 4 rings (SSSR count). The summed E-state index contributed by atoms with van der Waals surface area (Å²) < 4.78 is 4.86. The topological polar surface area (TPSA) is 55.4 Å². The maximum Gasteiger partial charge on any atom is 0.337 e. The number of carbonyl (C=O) groups is 2. The number of amides is 1. The van der Waals surface area contributed by atoms with Crippen LogP contribution in [-0.2, 0) is 9.53 Å². The summed E-state index contributed by atoms with van der Waals surface area (Å²) in [6, 6.07) is 26.4. The molecule has 0 fully saturated rings. The van der Waals surface area contributed by atoms with Gasteiger partial charge in [0.1, 0.15) is 0 Å². The number of methoxy groups -OCH3 is 1. The van der Waals surface area contributed by atoms with Crippen LogP contribution in [0, 0.1) is 0 Å². The van der Waals surface area contributed by atoms with E-state index >= 15 is 0 Å². The van der Waals surface area contributed by atoms with Gasteiger partial charge in [-0.15, -0.1) is 0 Å². The van der Waals surface area contributed by atoms with E-state index in [9.17, 15) is 9.59 Å². The smallest absolute Gasteiger partial charge is 0.337 e. The third-order valence-corrected chi connectivity index (χ3v) is 4.74. The first-order valence-corrected chi connectivity index (χ1v) is 9.24. The lowest BCUT2D eigenvalue weighted by atomic mass is 9.93. The molecule has 4 heteroatoms. The van der Waals surface area contributed by atoms with Crippen molar-refractivity contribution in [2.24, 2.45) is 0 Å². The van der Waals surface area contributed by atoms with Crippen LogP contribution >= 0.6 is 0 Å². The Morgan fingerprint density at radius 3 is 2.17 bits per heavy atom. The number of allylic oxidation sites excluding steroid dienone is 1. The number of nitrogens with one attached hydrogen (secondary N) is 1. The van der Waals surface area contributed by atoms with Crippen LogP contribution in [0.5, 0.6) is 0 Å². The van der Waals surface area contributed by atoms with Gasteiger partial charge in [-0.25, -0.2) is 4.79 Å². The van der Waals surface area contributed by atoms with Crippen molar-refractivity contribution in [1.29, 1.82) is 0 Å². The Labute approximate surface area is 169 Å². The van der Waals surface area contributed by atoms with Gasteiger partial charge < -0.3 is 10.1 Å². The second-order valence-electron chi connectivity index (χ2n) is 6.61. The molecule has 1 amide bonds. The summed E-state index contributed by atoms with van der Waals surface area (Å²) in [5.41, 5.74) is 5.03. The van der Waals surface area contributed by atoms with Crippen LogP contribution in [0.3, 0.4) is 0 Å². The van der Waals surface area contributed by atoms with Gasteiger partial charge in [0, 0.05) is 5.57 Å².